The number of rotatable bonds is 6. The Morgan fingerprint density at radius 1 is 0.905 bits per heavy atom. The van der Waals surface area contributed by atoms with Crippen molar-refractivity contribution < 1.29 is 23.4 Å². The Balaban J connectivity index is 1.19. The first-order chi connectivity index (χ1) is 20.6. The summed E-state index contributed by atoms with van der Waals surface area (Å²) in [5.41, 5.74) is 3.59. The van der Waals surface area contributed by atoms with Crippen LogP contribution in [0.5, 0.6) is 11.5 Å². The fourth-order valence-corrected chi connectivity index (χ4v) is 5.13. The molecule has 6 aromatic rings. The minimum absolute atomic E-state index is 0.0857. The van der Waals surface area contributed by atoms with Crippen LogP contribution in [0.3, 0.4) is 0 Å². The topological polar surface area (TPSA) is 92.8 Å². The summed E-state index contributed by atoms with van der Waals surface area (Å²) in [5.74, 6) is 0.773. The average molecular weight is 557 g/mol. The van der Waals surface area contributed by atoms with Gasteiger partial charge in [-0.2, -0.15) is 5.10 Å². The van der Waals surface area contributed by atoms with Crippen molar-refractivity contribution in [1.29, 1.82) is 0 Å². The second kappa shape index (κ2) is 10.7. The van der Waals surface area contributed by atoms with Gasteiger partial charge in [-0.3, -0.25) is 0 Å². The maximum atomic E-state index is 12.9. The molecule has 0 N–H and O–H groups in total. The molecule has 206 valence electrons. The molecule has 0 saturated carbocycles. The highest BCUT2D eigenvalue weighted by molar-refractivity contribution is 6.07. The van der Waals surface area contributed by atoms with Gasteiger partial charge in [-0.25, -0.2) is 14.3 Å². The van der Waals surface area contributed by atoms with E-state index in [1.54, 1.807) is 16.8 Å². The third kappa shape index (κ3) is 4.90. The van der Waals surface area contributed by atoms with Gasteiger partial charge in [0, 0.05) is 40.4 Å². The molecule has 0 spiro atoms. The van der Waals surface area contributed by atoms with Crippen molar-refractivity contribution in [2.24, 2.45) is 0 Å². The van der Waals surface area contributed by atoms with E-state index in [4.69, 9.17) is 23.7 Å². The number of hydrogen-bond acceptors (Lipinski definition) is 7. The number of fused-ring (bicyclic) bond motifs is 4. The normalized spacial score (nSPS) is 12.7. The summed E-state index contributed by atoms with van der Waals surface area (Å²) in [6, 6.07) is 28.2. The third-order valence-corrected chi connectivity index (χ3v) is 7.06. The first-order valence-corrected chi connectivity index (χ1v) is 13.5. The van der Waals surface area contributed by atoms with Crippen LogP contribution in [0, 0.1) is 0 Å². The fraction of sp³-hybridized carbons (Fsp3) is 0.0882. The van der Waals surface area contributed by atoms with Gasteiger partial charge >= 0.3 is 11.6 Å². The number of nitrogens with zero attached hydrogens (tertiary/aromatic N) is 2. The molecule has 1 aliphatic rings. The molecule has 0 aliphatic carbocycles. The molecule has 1 aliphatic heterocycles. The Labute approximate surface area is 240 Å². The lowest BCUT2D eigenvalue weighted by Crippen LogP contribution is -2.15. The van der Waals surface area contributed by atoms with E-state index in [0.29, 0.717) is 47.1 Å². The van der Waals surface area contributed by atoms with Crippen LogP contribution >= 0.6 is 0 Å². The van der Waals surface area contributed by atoms with Crippen LogP contribution in [0.1, 0.15) is 11.1 Å². The number of esters is 1. The zero-order valence-electron chi connectivity index (χ0n) is 22.4. The van der Waals surface area contributed by atoms with Crippen molar-refractivity contribution in [3.05, 3.63) is 125 Å². The summed E-state index contributed by atoms with van der Waals surface area (Å²) in [5, 5.41) is 7.47. The quantitative estimate of drug-likeness (QED) is 0.102. The third-order valence-electron chi connectivity index (χ3n) is 7.06. The van der Waals surface area contributed by atoms with Crippen LogP contribution in [0.25, 0.3) is 44.8 Å². The maximum Gasteiger partial charge on any atom is 0.336 e. The van der Waals surface area contributed by atoms with Gasteiger partial charge in [-0.15, -0.1) is 0 Å². The molecule has 0 amide bonds. The second-order valence-corrected chi connectivity index (χ2v) is 9.76. The number of aromatic nitrogens is 2. The SMILES string of the molecule is O=C(/C=C/c1cn(-c2ccccc2)nc1-c1ccc2c(c1)OCCO2)OCc1cc(=O)oc2ccc3ccccc3c12. The summed E-state index contributed by atoms with van der Waals surface area (Å²) < 4.78 is 24.2. The van der Waals surface area contributed by atoms with Gasteiger partial charge in [0.05, 0.1) is 5.69 Å². The Bertz CT molecular complexity index is 2040. The van der Waals surface area contributed by atoms with Crippen LogP contribution in [0.4, 0.5) is 0 Å². The van der Waals surface area contributed by atoms with E-state index in [9.17, 15) is 9.59 Å². The van der Waals surface area contributed by atoms with E-state index < -0.39 is 11.6 Å². The molecule has 8 nitrogen and oxygen atoms in total. The molecule has 2 aromatic heterocycles. The minimum Gasteiger partial charge on any atom is -0.486 e. The van der Waals surface area contributed by atoms with Crippen molar-refractivity contribution >= 4 is 33.8 Å². The molecule has 42 heavy (non-hydrogen) atoms. The van der Waals surface area contributed by atoms with Gasteiger partial charge in [-0.1, -0.05) is 48.5 Å². The summed E-state index contributed by atoms with van der Waals surface area (Å²) in [4.78, 5) is 25.1. The van der Waals surface area contributed by atoms with Gasteiger partial charge < -0.3 is 18.6 Å². The molecule has 7 rings (SSSR count). The number of hydrogen-bond donors (Lipinski definition) is 0. The summed E-state index contributed by atoms with van der Waals surface area (Å²) in [6.07, 6.45) is 4.89. The lowest BCUT2D eigenvalue weighted by atomic mass is 10.0. The van der Waals surface area contributed by atoms with Gasteiger partial charge in [-0.05, 0) is 53.2 Å². The van der Waals surface area contributed by atoms with E-state index in [-0.39, 0.29) is 6.61 Å². The van der Waals surface area contributed by atoms with E-state index >= 15 is 0 Å². The Morgan fingerprint density at radius 2 is 1.71 bits per heavy atom. The van der Waals surface area contributed by atoms with Crippen LogP contribution in [0.2, 0.25) is 0 Å². The van der Waals surface area contributed by atoms with Crippen molar-refractivity contribution in [2.75, 3.05) is 13.2 Å². The van der Waals surface area contributed by atoms with E-state index in [1.165, 1.54) is 12.1 Å². The zero-order chi connectivity index (χ0) is 28.5. The standard InChI is InChI=1S/C34H24N2O6/c37-31(41-21-25-19-32(38)42-29-14-10-22-6-4-5-9-27(22)33(25)29)15-12-24-20-36(26-7-2-1-3-8-26)35-34(24)23-11-13-28-30(18-23)40-17-16-39-28/h1-15,18-20H,16-17,21H2/b15-12+. The van der Waals surface area contributed by atoms with Crippen molar-refractivity contribution in [3.8, 4) is 28.4 Å². The maximum absolute atomic E-state index is 12.9. The molecule has 0 unspecified atom stereocenters. The Morgan fingerprint density at radius 3 is 2.60 bits per heavy atom. The summed E-state index contributed by atoms with van der Waals surface area (Å²) in [6.45, 7) is 0.893. The molecule has 8 heteroatoms. The van der Waals surface area contributed by atoms with Gasteiger partial charge in [0.2, 0.25) is 0 Å². The highest BCUT2D eigenvalue weighted by atomic mass is 16.6. The Kier molecular flexibility index (Phi) is 6.48. The highest BCUT2D eigenvalue weighted by Gasteiger charge is 2.17. The van der Waals surface area contributed by atoms with E-state index in [2.05, 4.69) is 0 Å². The number of ether oxygens (including phenoxy) is 3. The van der Waals surface area contributed by atoms with Crippen LogP contribution in [0.15, 0.2) is 112 Å². The van der Waals surface area contributed by atoms with Crippen LogP contribution in [-0.4, -0.2) is 29.0 Å². The highest BCUT2D eigenvalue weighted by Crippen LogP contribution is 2.36. The molecule has 0 radical (unpaired) electrons. The zero-order valence-corrected chi connectivity index (χ0v) is 22.4. The number of para-hydroxylation sites is 1. The minimum atomic E-state index is -0.558. The van der Waals surface area contributed by atoms with Crippen LogP contribution < -0.4 is 15.1 Å². The lowest BCUT2D eigenvalue weighted by Gasteiger charge is -2.18. The molecule has 0 atom stereocenters. The van der Waals surface area contributed by atoms with E-state index in [1.807, 2.05) is 85.1 Å². The molecule has 0 saturated heterocycles. The molecule has 4 aromatic carbocycles. The first kappa shape index (κ1) is 25.3. The number of carbonyl (C=O) groups excluding carboxylic acids is 1. The van der Waals surface area contributed by atoms with E-state index in [0.717, 1.165) is 27.4 Å². The molecular formula is C34H24N2O6. The van der Waals surface area contributed by atoms with Crippen LogP contribution in [-0.2, 0) is 16.1 Å². The monoisotopic (exact) mass is 556 g/mol. The van der Waals surface area contributed by atoms with Crippen molar-refractivity contribution in [1.82, 2.24) is 9.78 Å². The van der Waals surface area contributed by atoms with Gasteiger partial charge in [0.15, 0.2) is 11.5 Å². The first-order valence-electron chi connectivity index (χ1n) is 13.5. The van der Waals surface area contributed by atoms with Gasteiger partial charge in [0.1, 0.15) is 31.1 Å². The predicted molar refractivity (Wildman–Crippen MR) is 159 cm³/mol. The molecule has 0 fully saturated rings. The summed E-state index contributed by atoms with van der Waals surface area (Å²) in [7, 11) is 0. The molecular weight excluding hydrogens is 532 g/mol. The van der Waals surface area contributed by atoms with Crippen molar-refractivity contribution in [2.45, 2.75) is 6.61 Å². The van der Waals surface area contributed by atoms with Gasteiger partial charge in [0.25, 0.3) is 0 Å². The lowest BCUT2D eigenvalue weighted by molar-refractivity contribution is -0.138. The molecule has 3 heterocycles. The average Bonchev–Trinajstić information content (AvgIpc) is 3.47. The Hall–Kier alpha value is -5.63. The second-order valence-electron chi connectivity index (χ2n) is 9.76. The number of carbonyl (C=O) groups is 1. The predicted octanol–water partition coefficient (Wildman–Crippen LogP) is 6.33. The smallest absolute Gasteiger partial charge is 0.336 e. The fourth-order valence-electron chi connectivity index (χ4n) is 5.13. The molecule has 0 bridgehead atoms. The summed E-state index contributed by atoms with van der Waals surface area (Å²) >= 11 is 0. The van der Waals surface area contributed by atoms with Crippen molar-refractivity contribution in [3.63, 3.8) is 0 Å². The largest absolute Gasteiger partial charge is 0.486 e. The number of benzene rings is 4.